The van der Waals surface area contributed by atoms with Gasteiger partial charge in [-0.3, -0.25) is 9.59 Å². The summed E-state index contributed by atoms with van der Waals surface area (Å²) in [5.74, 6) is -1.39. The first-order valence-electron chi connectivity index (χ1n) is 4.95. The van der Waals surface area contributed by atoms with E-state index in [1.165, 1.54) is 6.20 Å². The van der Waals surface area contributed by atoms with Gasteiger partial charge in [0.2, 0.25) is 0 Å². The molecule has 3 N–H and O–H groups in total. The Morgan fingerprint density at radius 2 is 2.12 bits per heavy atom. The summed E-state index contributed by atoms with van der Waals surface area (Å²) in [4.78, 5) is 21.5. The van der Waals surface area contributed by atoms with Gasteiger partial charge in [-0.2, -0.15) is 5.26 Å². The fourth-order valence-corrected chi connectivity index (χ4v) is 0.836. The number of nitrogens with one attached hydrogen (secondary N) is 2. The summed E-state index contributed by atoms with van der Waals surface area (Å²) in [7, 11) is 0. The molecule has 0 aromatic heterocycles. The van der Waals surface area contributed by atoms with E-state index in [9.17, 15) is 9.59 Å². The maximum absolute atomic E-state index is 11.3. The lowest BCUT2D eigenvalue weighted by atomic mass is 10.3. The molecule has 0 spiro atoms. The van der Waals surface area contributed by atoms with E-state index < -0.39 is 11.9 Å². The minimum Gasteiger partial charge on any atom is -0.481 e. The van der Waals surface area contributed by atoms with Crippen molar-refractivity contribution in [3.05, 3.63) is 11.8 Å². The highest BCUT2D eigenvalue weighted by molar-refractivity contribution is 5.97. The fourth-order valence-electron chi connectivity index (χ4n) is 0.836. The topological polar surface area (TPSA) is 102 Å². The Kier molecular flexibility index (Phi) is 7.24. The zero-order valence-electron chi connectivity index (χ0n) is 9.12. The first-order valence-corrected chi connectivity index (χ1v) is 4.95. The first kappa shape index (κ1) is 14.0. The van der Waals surface area contributed by atoms with Gasteiger partial charge in [-0.05, 0) is 6.42 Å². The summed E-state index contributed by atoms with van der Waals surface area (Å²) >= 11 is 0. The highest BCUT2D eigenvalue weighted by Gasteiger charge is 2.06. The highest BCUT2D eigenvalue weighted by Crippen LogP contribution is 1.90. The third-order valence-electron chi connectivity index (χ3n) is 1.63. The predicted octanol–water partition coefficient (Wildman–Crippen LogP) is -0.0156. The van der Waals surface area contributed by atoms with Crippen molar-refractivity contribution >= 4 is 11.9 Å². The van der Waals surface area contributed by atoms with Crippen LogP contribution in [0.1, 0.15) is 19.8 Å². The van der Waals surface area contributed by atoms with Crippen molar-refractivity contribution in [2.24, 2.45) is 0 Å². The van der Waals surface area contributed by atoms with Gasteiger partial charge >= 0.3 is 5.97 Å². The van der Waals surface area contributed by atoms with E-state index in [1.807, 2.05) is 6.92 Å². The number of carbonyl (C=O) groups is 2. The van der Waals surface area contributed by atoms with Crippen LogP contribution in [0.5, 0.6) is 0 Å². The molecule has 0 aliphatic rings. The van der Waals surface area contributed by atoms with Gasteiger partial charge in [-0.1, -0.05) is 6.92 Å². The number of carbonyl (C=O) groups excluding carboxylic acids is 1. The molecule has 0 atom stereocenters. The Morgan fingerprint density at radius 1 is 1.44 bits per heavy atom. The number of hydrogen-bond donors (Lipinski definition) is 3. The summed E-state index contributed by atoms with van der Waals surface area (Å²) in [6.45, 7) is 2.59. The predicted molar refractivity (Wildman–Crippen MR) is 57.3 cm³/mol. The van der Waals surface area contributed by atoms with Crippen LogP contribution in [0.15, 0.2) is 11.8 Å². The van der Waals surface area contributed by atoms with E-state index in [4.69, 9.17) is 10.4 Å². The van der Waals surface area contributed by atoms with Crippen LogP contribution in [0, 0.1) is 11.3 Å². The Morgan fingerprint density at radius 3 is 2.62 bits per heavy atom. The number of amides is 1. The monoisotopic (exact) mass is 225 g/mol. The molecule has 88 valence electrons. The molecule has 0 aromatic carbocycles. The van der Waals surface area contributed by atoms with Crippen molar-refractivity contribution in [2.45, 2.75) is 19.8 Å². The maximum atomic E-state index is 11.3. The summed E-state index contributed by atoms with van der Waals surface area (Å²) in [6, 6.07) is 1.74. The molecule has 0 aromatic rings. The van der Waals surface area contributed by atoms with Gasteiger partial charge in [0.1, 0.15) is 11.6 Å². The number of hydrogen-bond acceptors (Lipinski definition) is 4. The Hall–Kier alpha value is -2.03. The van der Waals surface area contributed by atoms with Gasteiger partial charge in [-0.25, -0.2) is 0 Å². The molecular weight excluding hydrogens is 210 g/mol. The van der Waals surface area contributed by atoms with Crippen LogP contribution >= 0.6 is 0 Å². The summed E-state index contributed by atoms with van der Waals surface area (Å²) in [5, 5.41) is 22.2. The molecule has 0 saturated heterocycles. The largest absolute Gasteiger partial charge is 0.481 e. The summed E-state index contributed by atoms with van der Waals surface area (Å²) in [6.07, 6.45) is 1.95. The molecule has 0 radical (unpaired) electrons. The van der Waals surface area contributed by atoms with Crippen LogP contribution in [0.4, 0.5) is 0 Å². The van der Waals surface area contributed by atoms with Crippen LogP contribution in [0.3, 0.4) is 0 Å². The van der Waals surface area contributed by atoms with Gasteiger partial charge in [0.15, 0.2) is 0 Å². The molecule has 1 amide bonds. The van der Waals surface area contributed by atoms with Crippen molar-refractivity contribution in [1.82, 2.24) is 10.6 Å². The molecular formula is C10H15N3O3. The van der Waals surface area contributed by atoms with E-state index >= 15 is 0 Å². The zero-order valence-corrected chi connectivity index (χ0v) is 9.12. The van der Waals surface area contributed by atoms with Gasteiger partial charge < -0.3 is 15.7 Å². The summed E-state index contributed by atoms with van der Waals surface area (Å²) in [5.41, 5.74) is -0.0566. The number of carboxylic acid groups (broad SMARTS) is 1. The first-order chi connectivity index (χ1) is 7.61. The average molecular weight is 225 g/mol. The number of nitrogens with zero attached hydrogens (tertiary/aromatic N) is 1. The maximum Gasteiger partial charge on any atom is 0.305 e. The average Bonchev–Trinajstić information content (AvgIpc) is 2.25. The van der Waals surface area contributed by atoms with Crippen molar-refractivity contribution in [2.75, 3.05) is 13.1 Å². The van der Waals surface area contributed by atoms with Gasteiger partial charge in [0.25, 0.3) is 5.91 Å². The molecule has 16 heavy (non-hydrogen) atoms. The molecule has 0 unspecified atom stereocenters. The van der Waals surface area contributed by atoms with Crippen LogP contribution in [0.2, 0.25) is 0 Å². The summed E-state index contributed by atoms with van der Waals surface area (Å²) < 4.78 is 0. The molecule has 0 aliphatic heterocycles. The molecule has 0 heterocycles. The molecule has 0 rings (SSSR count). The van der Waals surface area contributed by atoms with E-state index in [2.05, 4.69) is 10.6 Å². The number of carboxylic acids is 1. The molecule has 0 bridgehead atoms. The smallest absolute Gasteiger partial charge is 0.305 e. The van der Waals surface area contributed by atoms with Crippen LogP contribution in [-0.4, -0.2) is 30.1 Å². The third kappa shape index (κ3) is 6.43. The van der Waals surface area contributed by atoms with Crippen molar-refractivity contribution in [1.29, 1.82) is 5.26 Å². The SMILES string of the molecule is CCCNC(=O)/C(C#N)=C\NCCC(=O)O. The second kappa shape index (κ2) is 8.29. The third-order valence-corrected chi connectivity index (χ3v) is 1.63. The minimum absolute atomic E-state index is 0.0566. The number of nitriles is 1. The minimum atomic E-state index is -0.935. The molecule has 0 aliphatic carbocycles. The van der Waals surface area contributed by atoms with Crippen LogP contribution in [-0.2, 0) is 9.59 Å². The number of aliphatic carboxylic acids is 1. The second-order valence-corrected chi connectivity index (χ2v) is 3.02. The highest BCUT2D eigenvalue weighted by atomic mass is 16.4. The van der Waals surface area contributed by atoms with E-state index in [0.717, 1.165) is 6.42 Å². The van der Waals surface area contributed by atoms with Crippen LogP contribution in [0.25, 0.3) is 0 Å². The Labute approximate surface area is 93.9 Å². The lowest BCUT2D eigenvalue weighted by Gasteiger charge is -2.02. The van der Waals surface area contributed by atoms with Crippen LogP contribution < -0.4 is 10.6 Å². The fraction of sp³-hybridized carbons (Fsp3) is 0.500. The number of rotatable bonds is 7. The lowest BCUT2D eigenvalue weighted by Crippen LogP contribution is -2.26. The van der Waals surface area contributed by atoms with Crippen molar-refractivity contribution < 1.29 is 14.7 Å². The normalized spacial score (nSPS) is 10.4. The quantitative estimate of drug-likeness (QED) is 0.321. The Balaban J connectivity index is 4.07. The lowest BCUT2D eigenvalue weighted by molar-refractivity contribution is -0.136. The van der Waals surface area contributed by atoms with Crippen molar-refractivity contribution in [3.63, 3.8) is 0 Å². The Bertz CT molecular complexity index is 318. The molecule has 6 heteroatoms. The second-order valence-electron chi connectivity index (χ2n) is 3.02. The van der Waals surface area contributed by atoms with Gasteiger partial charge in [-0.15, -0.1) is 0 Å². The molecule has 0 saturated carbocycles. The molecule has 0 fully saturated rings. The van der Waals surface area contributed by atoms with Crippen molar-refractivity contribution in [3.8, 4) is 6.07 Å². The standard InChI is InChI=1S/C10H15N3O3/c1-2-4-13-10(16)8(6-11)7-12-5-3-9(14)15/h7,12H,2-5H2,1H3,(H,13,16)(H,14,15)/b8-7-. The van der Waals surface area contributed by atoms with Gasteiger partial charge in [0.05, 0.1) is 6.42 Å². The van der Waals surface area contributed by atoms with E-state index in [1.54, 1.807) is 6.07 Å². The van der Waals surface area contributed by atoms with E-state index in [0.29, 0.717) is 6.54 Å². The molecule has 6 nitrogen and oxygen atoms in total. The van der Waals surface area contributed by atoms with Gasteiger partial charge in [0, 0.05) is 19.3 Å². The zero-order chi connectivity index (χ0) is 12.4. The van der Waals surface area contributed by atoms with E-state index in [-0.39, 0.29) is 18.5 Å².